The highest BCUT2D eigenvalue weighted by Crippen LogP contribution is 1.89. The Bertz CT molecular complexity index is 122. The molecule has 0 saturated carbocycles. The fourth-order valence-corrected chi connectivity index (χ4v) is 1.00. The van der Waals surface area contributed by atoms with Crippen LogP contribution in [0.15, 0.2) is 0 Å². The lowest BCUT2D eigenvalue weighted by atomic mass is 10.2. The van der Waals surface area contributed by atoms with Crippen LogP contribution in [0.4, 0.5) is 0 Å². The second kappa shape index (κ2) is 7.10. The van der Waals surface area contributed by atoms with E-state index in [1.165, 1.54) is 0 Å². The summed E-state index contributed by atoms with van der Waals surface area (Å²) in [6, 6.07) is 0.408. The molecule has 12 heavy (non-hydrogen) atoms. The van der Waals surface area contributed by atoms with Crippen LogP contribution in [0.5, 0.6) is 0 Å². The third-order valence-corrected chi connectivity index (χ3v) is 1.92. The van der Waals surface area contributed by atoms with Crippen LogP contribution < -0.4 is 10.6 Å². The molecule has 0 radical (unpaired) electrons. The summed E-state index contributed by atoms with van der Waals surface area (Å²) in [4.78, 5) is 11.0. The Kier molecular flexibility index (Phi) is 6.76. The molecule has 3 heteroatoms. The lowest BCUT2D eigenvalue weighted by molar-refractivity contribution is -0.121. The Balaban J connectivity index is 3.44. The first-order chi connectivity index (χ1) is 5.74. The van der Waals surface area contributed by atoms with E-state index in [1.807, 2.05) is 14.0 Å². The first-order valence-electron chi connectivity index (χ1n) is 4.68. The molecular formula is C9H20N2O. The van der Waals surface area contributed by atoms with Crippen molar-refractivity contribution >= 4 is 5.91 Å². The van der Waals surface area contributed by atoms with E-state index in [9.17, 15) is 4.79 Å². The van der Waals surface area contributed by atoms with Gasteiger partial charge in [-0.1, -0.05) is 13.8 Å². The molecule has 1 amide bonds. The molecule has 0 rings (SSSR count). The van der Waals surface area contributed by atoms with Gasteiger partial charge in [-0.3, -0.25) is 4.79 Å². The Morgan fingerprint density at radius 3 is 2.50 bits per heavy atom. The van der Waals surface area contributed by atoms with Gasteiger partial charge in [-0.25, -0.2) is 0 Å². The molecule has 0 spiro atoms. The third kappa shape index (κ3) is 5.13. The molecule has 0 aromatic rings. The van der Waals surface area contributed by atoms with Crippen molar-refractivity contribution in [3.8, 4) is 0 Å². The van der Waals surface area contributed by atoms with Gasteiger partial charge in [0.05, 0.1) is 0 Å². The van der Waals surface area contributed by atoms with Crippen molar-refractivity contribution in [2.75, 3.05) is 13.6 Å². The van der Waals surface area contributed by atoms with Gasteiger partial charge in [-0.2, -0.15) is 0 Å². The third-order valence-electron chi connectivity index (χ3n) is 1.92. The number of amides is 1. The van der Waals surface area contributed by atoms with Crippen molar-refractivity contribution in [3.05, 3.63) is 0 Å². The molecule has 3 nitrogen and oxygen atoms in total. The monoisotopic (exact) mass is 172 g/mol. The Hall–Kier alpha value is -0.570. The molecule has 0 heterocycles. The van der Waals surface area contributed by atoms with Gasteiger partial charge in [0, 0.05) is 19.0 Å². The Morgan fingerprint density at radius 1 is 1.42 bits per heavy atom. The summed E-state index contributed by atoms with van der Waals surface area (Å²) in [5.41, 5.74) is 0. The van der Waals surface area contributed by atoms with Gasteiger partial charge in [0.25, 0.3) is 0 Å². The summed E-state index contributed by atoms with van der Waals surface area (Å²) in [6.07, 6.45) is 2.60. The maximum Gasteiger partial charge on any atom is 0.220 e. The summed E-state index contributed by atoms with van der Waals surface area (Å²) in [6.45, 7) is 4.86. The van der Waals surface area contributed by atoms with E-state index >= 15 is 0 Å². The summed E-state index contributed by atoms with van der Waals surface area (Å²) in [7, 11) is 1.92. The zero-order valence-electron chi connectivity index (χ0n) is 8.31. The van der Waals surface area contributed by atoms with Crippen molar-refractivity contribution in [1.82, 2.24) is 10.6 Å². The second-order valence-electron chi connectivity index (χ2n) is 2.95. The van der Waals surface area contributed by atoms with Gasteiger partial charge in [0.1, 0.15) is 0 Å². The van der Waals surface area contributed by atoms with Gasteiger partial charge in [-0.15, -0.1) is 0 Å². The molecule has 0 saturated heterocycles. The lowest BCUT2D eigenvalue weighted by Gasteiger charge is -2.14. The Labute approximate surface area is 74.9 Å². The zero-order valence-corrected chi connectivity index (χ0v) is 8.31. The highest BCUT2D eigenvalue weighted by Gasteiger charge is 2.04. The minimum Gasteiger partial charge on any atom is -0.355 e. The SMILES string of the molecule is CCCC(=O)NCC(CC)NC. The van der Waals surface area contributed by atoms with Gasteiger partial charge in [0.2, 0.25) is 5.91 Å². The highest BCUT2D eigenvalue weighted by molar-refractivity contribution is 5.75. The fraction of sp³-hybridized carbons (Fsp3) is 0.889. The van der Waals surface area contributed by atoms with Crippen LogP contribution in [0.3, 0.4) is 0 Å². The normalized spacial score (nSPS) is 12.6. The van der Waals surface area contributed by atoms with E-state index in [-0.39, 0.29) is 5.91 Å². The average molecular weight is 172 g/mol. The molecule has 0 aliphatic rings. The van der Waals surface area contributed by atoms with E-state index in [0.717, 1.165) is 19.4 Å². The maximum atomic E-state index is 11.0. The number of hydrogen-bond donors (Lipinski definition) is 2. The van der Waals surface area contributed by atoms with E-state index in [1.54, 1.807) is 0 Å². The van der Waals surface area contributed by atoms with Crippen LogP contribution in [0.1, 0.15) is 33.1 Å². The Morgan fingerprint density at radius 2 is 2.08 bits per heavy atom. The van der Waals surface area contributed by atoms with Crippen molar-refractivity contribution in [3.63, 3.8) is 0 Å². The average Bonchev–Trinajstić information content (AvgIpc) is 2.07. The van der Waals surface area contributed by atoms with Crippen LogP contribution in [0, 0.1) is 0 Å². The van der Waals surface area contributed by atoms with Crippen molar-refractivity contribution < 1.29 is 4.79 Å². The molecule has 1 unspecified atom stereocenters. The second-order valence-corrected chi connectivity index (χ2v) is 2.95. The van der Waals surface area contributed by atoms with E-state index < -0.39 is 0 Å². The van der Waals surface area contributed by atoms with Gasteiger partial charge in [-0.05, 0) is 19.9 Å². The van der Waals surface area contributed by atoms with Crippen molar-refractivity contribution in [1.29, 1.82) is 0 Å². The lowest BCUT2D eigenvalue weighted by Crippen LogP contribution is -2.38. The molecule has 2 N–H and O–H groups in total. The number of rotatable bonds is 6. The molecule has 0 fully saturated rings. The topological polar surface area (TPSA) is 41.1 Å². The highest BCUT2D eigenvalue weighted by atomic mass is 16.1. The molecule has 1 atom stereocenters. The molecule has 0 bridgehead atoms. The predicted molar refractivity (Wildman–Crippen MR) is 51.1 cm³/mol. The molecule has 0 aromatic heterocycles. The van der Waals surface area contributed by atoms with Crippen LogP contribution in [-0.2, 0) is 4.79 Å². The van der Waals surface area contributed by atoms with Crippen LogP contribution >= 0.6 is 0 Å². The zero-order chi connectivity index (χ0) is 9.40. The summed E-state index contributed by atoms with van der Waals surface area (Å²) in [5, 5.41) is 6.02. The van der Waals surface area contributed by atoms with Gasteiger partial charge < -0.3 is 10.6 Å². The summed E-state index contributed by atoms with van der Waals surface area (Å²) < 4.78 is 0. The van der Waals surface area contributed by atoms with Crippen LogP contribution in [0.25, 0.3) is 0 Å². The molecule has 0 aromatic carbocycles. The van der Waals surface area contributed by atoms with Crippen molar-refractivity contribution in [2.24, 2.45) is 0 Å². The summed E-state index contributed by atoms with van der Waals surface area (Å²) >= 11 is 0. The number of carbonyl (C=O) groups is 1. The van der Waals surface area contributed by atoms with Gasteiger partial charge in [0.15, 0.2) is 0 Å². The minimum atomic E-state index is 0.159. The predicted octanol–water partition coefficient (Wildman–Crippen LogP) is 0.901. The number of hydrogen-bond acceptors (Lipinski definition) is 2. The molecule has 0 aliphatic heterocycles. The quantitative estimate of drug-likeness (QED) is 0.625. The number of likely N-dealkylation sites (N-methyl/N-ethyl adjacent to an activating group) is 1. The first-order valence-corrected chi connectivity index (χ1v) is 4.68. The number of nitrogens with one attached hydrogen (secondary N) is 2. The van der Waals surface area contributed by atoms with E-state index in [0.29, 0.717) is 12.5 Å². The van der Waals surface area contributed by atoms with E-state index in [2.05, 4.69) is 17.6 Å². The van der Waals surface area contributed by atoms with Crippen LogP contribution in [0.2, 0.25) is 0 Å². The first kappa shape index (κ1) is 11.4. The maximum absolute atomic E-state index is 11.0. The minimum absolute atomic E-state index is 0.159. The molecule has 72 valence electrons. The fourth-order valence-electron chi connectivity index (χ4n) is 1.00. The molecule has 0 aliphatic carbocycles. The van der Waals surface area contributed by atoms with E-state index in [4.69, 9.17) is 0 Å². The van der Waals surface area contributed by atoms with Crippen LogP contribution in [-0.4, -0.2) is 25.5 Å². The standard InChI is InChI=1S/C9H20N2O/c1-4-6-9(12)11-7-8(5-2)10-3/h8,10H,4-7H2,1-3H3,(H,11,12). The van der Waals surface area contributed by atoms with Gasteiger partial charge >= 0.3 is 0 Å². The largest absolute Gasteiger partial charge is 0.355 e. The smallest absolute Gasteiger partial charge is 0.220 e. The summed E-state index contributed by atoms with van der Waals surface area (Å²) in [5.74, 6) is 0.159. The number of carbonyl (C=O) groups excluding carboxylic acids is 1. The van der Waals surface area contributed by atoms with Crippen molar-refractivity contribution in [2.45, 2.75) is 39.2 Å². The molecular weight excluding hydrogens is 152 g/mol.